The van der Waals surface area contributed by atoms with Crippen LogP contribution in [0.2, 0.25) is 0 Å². The Labute approximate surface area is 153 Å². The van der Waals surface area contributed by atoms with Crippen LogP contribution in [-0.4, -0.2) is 34.5 Å². The van der Waals surface area contributed by atoms with Gasteiger partial charge >= 0.3 is 5.97 Å². The minimum absolute atomic E-state index is 0.160. The van der Waals surface area contributed by atoms with Crippen LogP contribution in [0.4, 0.5) is 0 Å². The van der Waals surface area contributed by atoms with Crippen molar-refractivity contribution in [2.24, 2.45) is 0 Å². The number of aryl methyl sites for hydroxylation is 1. The molecule has 4 heteroatoms. The predicted molar refractivity (Wildman–Crippen MR) is 102 cm³/mol. The predicted octanol–water partition coefficient (Wildman–Crippen LogP) is 4.02. The molecule has 1 N–H and O–H groups in total. The standard InChI is InChI=1S/C22H23NO3/c24-21(15-11-18-8-12-19(13-9-18)22(25)26)23-16-4-7-20(23)14-10-17-5-2-1-3-6-17/h1-3,5-6,8-10,12-14,20H,4,7,11,15-16H2,(H,25,26)/b14-10+. The highest BCUT2D eigenvalue weighted by atomic mass is 16.4. The van der Waals surface area contributed by atoms with Gasteiger partial charge in [-0.15, -0.1) is 0 Å². The number of hydrogen-bond acceptors (Lipinski definition) is 2. The fraction of sp³-hybridized carbons (Fsp3) is 0.273. The molecule has 2 aromatic carbocycles. The van der Waals surface area contributed by atoms with Crippen LogP contribution < -0.4 is 0 Å². The second kappa shape index (κ2) is 8.48. The number of carboxylic acids is 1. The molecule has 1 aliphatic rings. The maximum atomic E-state index is 12.6. The third-order valence-corrected chi connectivity index (χ3v) is 4.76. The minimum Gasteiger partial charge on any atom is -0.478 e. The molecule has 1 heterocycles. The Morgan fingerprint density at radius 1 is 1.08 bits per heavy atom. The molecule has 134 valence electrons. The number of carbonyl (C=O) groups excluding carboxylic acids is 1. The Hall–Kier alpha value is -2.88. The van der Waals surface area contributed by atoms with Gasteiger partial charge in [0.05, 0.1) is 11.6 Å². The van der Waals surface area contributed by atoms with E-state index in [1.54, 1.807) is 24.3 Å². The first kappa shape index (κ1) is 17.9. The highest BCUT2D eigenvalue weighted by molar-refractivity contribution is 5.87. The molecule has 0 spiro atoms. The molecule has 2 aromatic rings. The summed E-state index contributed by atoms with van der Waals surface area (Å²) in [6.45, 7) is 0.806. The summed E-state index contributed by atoms with van der Waals surface area (Å²) in [6.07, 6.45) is 7.32. The van der Waals surface area contributed by atoms with Gasteiger partial charge in [-0.25, -0.2) is 4.79 Å². The topological polar surface area (TPSA) is 57.6 Å². The number of rotatable bonds is 6. The fourth-order valence-corrected chi connectivity index (χ4v) is 3.30. The molecule has 1 saturated heterocycles. The van der Waals surface area contributed by atoms with Gasteiger partial charge in [-0.2, -0.15) is 0 Å². The molecule has 4 nitrogen and oxygen atoms in total. The van der Waals surface area contributed by atoms with Crippen molar-refractivity contribution in [3.05, 3.63) is 77.4 Å². The molecule has 0 aliphatic carbocycles. The van der Waals surface area contributed by atoms with Crippen LogP contribution in [0.25, 0.3) is 6.08 Å². The van der Waals surface area contributed by atoms with Crippen molar-refractivity contribution < 1.29 is 14.7 Å². The van der Waals surface area contributed by atoms with Crippen molar-refractivity contribution in [1.82, 2.24) is 4.90 Å². The summed E-state index contributed by atoms with van der Waals surface area (Å²) in [5.41, 5.74) is 2.40. The lowest BCUT2D eigenvalue weighted by Gasteiger charge is -2.22. The van der Waals surface area contributed by atoms with Crippen LogP contribution in [-0.2, 0) is 11.2 Å². The van der Waals surface area contributed by atoms with Gasteiger partial charge in [-0.3, -0.25) is 4.79 Å². The highest BCUT2D eigenvalue weighted by Crippen LogP contribution is 2.21. The maximum absolute atomic E-state index is 12.6. The first-order chi connectivity index (χ1) is 12.6. The van der Waals surface area contributed by atoms with E-state index in [-0.39, 0.29) is 17.5 Å². The van der Waals surface area contributed by atoms with Crippen molar-refractivity contribution in [2.75, 3.05) is 6.54 Å². The number of nitrogens with zero attached hydrogens (tertiary/aromatic N) is 1. The minimum atomic E-state index is -0.933. The smallest absolute Gasteiger partial charge is 0.335 e. The van der Waals surface area contributed by atoms with Gasteiger partial charge in [0.25, 0.3) is 0 Å². The average molecular weight is 349 g/mol. The van der Waals surface area contributed by atoms with Gasteiger partial charge in [0.2, 0.25) is 5.91 Å². The number of benzene rings is 2. The molecule has 1 atom stereocenters. The largest absolute Gasteiger partial charge is 0.478 e. The van der Waals surface area contributed by atoms with Crippen LogP contribution >= 0.6 is 0 Å². The zero-order valence-corrected chi connectivity index (χ0v) is 14.7. The lowest BCUT2D eigenvalue weighted by molar-refractivity contribution is -0.131. The molecule has 1 amide bonds. The van der Waals surface area contributed by atoms with Crippen LogP contribution in [0.15, 0.2) is 60.7 Å². The molecule has 1 unspecified atom stereocenters. The summed E-state index contributed by atoms with van der Waals surface area (Å²) in [5.74, 6) is -0.773. The van der Waals surface area contributed by atoms with E-state index in [0.717, 1.165) is 30.5 Å². The SMILES string of the molecule is O=C(O)c1ccc(CCC(=O)N2CCCC2/C=C/c2ccccc2)cc1. The zero-order chi connectivity index (χ0) is 18.4. The van der Waals surface area contributed by atoms with E-state index >= 15 is 0 Å². The van der Waals surface area contributed by atoms with Crippen LogP contribution in [0, 0.1) is 0 Å². The van der Waals surface area contributed by atoms with E-state index in [4.69, 9.17) is 5.11 Å². The van der Waals surface area contributed by atoms with Crippen molar-refractivity contribution in [2.45, 2.75) is 31.7 Å². The van der Waals surface area contributed by atoms with E-state index in [1.807, 2.05) is 23.1 Å². The molecule has 1 fully saturated rings. The second-order valence-electron chi connectivity index (χ2n) is 6.57. The molecule has 0 bridgehead atoms. The quantitative estimate of drug-likeness (QED) is 0.857. The average Bonchev–Trinajstić information content (AvgIpc) is 3.14. The van der Waals surface area contributed by atoms with E-state index in [0.29, 0.717) is 12.8 Å². The lowest BCUT2D eigenvalue weighted by Crippen LogP contribution is -2.34. The summed E-state index contributed by atoms with van der Waals surface area (Å²) < 4.78 is 0. The Bertz CT molecular complexity index is 781. The third kappa shape index (κ3) is 4.60. The van der Waals surface area contributed by atoms with Crippen molar-refractivity contribution in [1.29, 1.82) is 0 Å². The van der Waals surface area contributed by atoms with E-state index in [1.165, 1.54) is 0 Å². The monoisotopic (exact) mass is 349 g/mol. The van der Waals surface area contributed by atoms with Crippen molar-refractivity contribution in [3.63, 3.8) is 0 Å². The van der Waals surface area contributed by atoms with Gasteiger partial charge in [-0.05, 0) is 42.5 Å². The molecule has 0 aromatic heterocycles. The normalized spacial score (nSPS) is 16.9. The van der Waals surface area contributed by atoms with E-state index in [9.17, 15) is 9.59 Å². The Kier molecular flexibility index (Phi) is 5.84. The molecule has 3 rings (SSSR count). The van der Waals surface area contributed by atoms with Gasteiger partial charge in [0.15, 0.2) is 0 Å². The van der Waals surface area contributed by atoms with E-state index < -0.39 is 5.97 Å². The number of carbonyl (C=O) groups is 2. The number of amides is 1. The fourth-order valence-electron chi connectivity index (χ4n) is 3.30. The molecule has 0 radical (unpaired) electrons. The third-order valence-electron chi connectivity index (χ3n) is 4.76. The summed E-state index contributed by atoms with van der Waals surface area (Å²) in [4.78, 5) is 25.5. The first-order valence-corrected chi connectivity index (χ1v) is 8.98. The lowest BCUT2D eigenvalue weighted by atomic mass is 10.1. The number of aromatic carboxylic acids is 1. The number of carboxylic acid groups (broad SMARTS) is 1. The Morgan fingerprint density at radius 2 is 1.81 bits per heavy atom. The van der Waals surface area contributed by atoms with Gasteiger partial charge < -0.3 is 10.0 Å². The summed E-state index contributed by atoms with van der Waals surface area (Å²) >= 11 is 0. The highest BCUT2D eigenvalue weighted by Gasteiger charge is 2.26. The number of hydrogen-bond donors (Lipinski definition) is 1. The van der Waals surface area contributed by atoms with Crippen molar-refractivity contribution >= 4 is 18.0 Å². The summed E-state index contributed by atoms with van der Waals surface area (Å²) in [7, 11) is 0. The maximum Gasteiger partial charge on any atom is 0.335 e. The van der Waals surface area contributed by atoms with Gasteiger partial charge in [0.1, 0.15) is 0 Å². The molecular weight excluding hydrogens is 326 g/mol. The zero-order valence-electron chi connectivity index (χ0n) is 14.7. The van der Waals surface area contributed by atoms with Crippen LogP contribution in [0.1, 0.15) is 40.7 Å². The molecular formula is C22H23NO3. The second-order valence-corrected chi connectivity index (χ2v) is 6.57. The number of likely N-dealkylation sites (tertiary alicyclic amines) is 1. The molecule has 1 aliphatic heterocycles. The summed E-state index contributed by atoms with van der Waals surface area (Å²) in [5, 5.41) is 8.93. The summed E-state index contributed by atoms with van der Waals surface area (Å²) in [6, 6.07) is 17.0. The molecule has 26 heavy (non-hydrogen) atoms. The van der Waals surface area contributed by atoms with Crippen LogP contribution in [0.3, 0.4) is 0 Å². The van der Waals surface area contributed by atoms with Gasteiger partial charge in [-0.1, -0.05) is 54.6 Å². The van der Waals surface area contributed by atoms with Gasteiger partial charge in [0, 0.05) is 13.0 Å². The van der Waals surface area contributed by atoms with E-state index in [2.05, 4.69) is 24.3 Å². The van der Waals surface area contributed by atoms with Crippen LogP contribution in [0.5, 0.6) is 0 Å². The molecule has 0 saturated carbocycles. The Balaban J connectivity index is 1.56. The Morgan fingerprint density at radius 3 is 2.50 bits per heavy atom. The first-order valence-electron chi connectivity index (χ1n) is 8.98. The van der Waals surface area contributed by atoms with Crippen molar-refractivity contribution in [3.8, 4) is 0 Å².